The van der Waals surface area contributed by atoms with Crippen molar-refractivity contribution < 1.29 is 24.2 Å². The zero-order valence-electron chi connectivity index (χ0n) is 15.2. The van der Waals surface area contributed by atoms with Crippen molar-refractivity contribution in [1.29, 1.82) is 0 Å². The van der Waals surface area contributed by atoms with E-state index in [4.69, 9.17) is 9.47 Å². The van der Waals surface area contributed by atoms with E-state index < -0.39 is 5.60 Å². The molecule has 2 amide bonds. The molecule has 0 aliphatic carbocycles. The summed E-state index contributed by atoms with van der Waals surface area (Å²) in [4.78, 5) is 28.1. The predicted octanol–water partition coefficient (Wildman–Crippen LogP) is 2.48. The maximum atomic E-state index is 12.7. The molecule has 0 unspecified atom stereocenters. The zero-order chi connectivity index (χ0) is 18.6. The van der Waals surface area contributed by atoms with Gasteiger partial charge < -0.3 is 24.4 Å². The molecule has 1 fully saturated rings. The molecule has 7 nitrogen and oxygen atoms in total. The molecule has 0 spiro atoms. The molecule has 1 aliphatic heterocycles. The smallest absolute Gasteiger partial charge is 0.410 e. The number of amides is 2. The van der Waals surface area contributed by atoms with Gasteiger partial charge in [-0.25, -0.2) is 4.79 Å². The van der Waals surface area contributed by atoms with Gasteiger partial charge in [0.25, 0.3) is 5.91 Å². The number of phenolic OH excluding ortho intramolecular Hbond substituents is 1. The molecule has 1 aromatic rings. The summed E-state index contributed by atoms with van der Waals surface area (Å²) in [5.74, 6) is 0.116. The highest BCUT2D eigenvalue weighted by Crippen LogP contribution is 2.25. The predicted molar refractivity (Wildman–Crippen MR) is 93.0 cm³/mol. The molecular formula is C18H26N2O5. The van der Waals surface area contributed by atoms with E-state index >= 15 is 0 Å². The fraction of sp³-hybridized carbons (Fsp3) is 0.556. The van der Waals surface area contributed by atoms with Gasteiger partial charge >= 0.3 is 6.09 Å². The number of hydrogen-bond donors (Lipinski definition) is 1. The van der Waals surface area contributed by atoms with Crippen molar-refractivity contribution in [2.45, 2.75) is 32.8 Å². The second kappa shape index (κ2) is 7.63. The van der Waals surface area contributed by atoms with Gasteiger partial charge in [-0.15, -0.1) is 0 Å². The van der Waals surface area contributed by atoms with Crippen molar-refractivity contribution in [2.24, 2.45) is 0 Å². The Balaban J connectivity index is 2.03. The molecule has 0 aromatic heterocycles. The minimum absolute atomic E-state index is 0.113. The van der Waals surface area contributed by atoms with Gasteiger partial charge in [0, 0.05) is 32.2 Å². The van der Waals surface area contributed by atoms with Crippen LogP contribution in [0.4, 0.5) is 4.79 Å². The zero-order valence-corrected chi connectivity index (χ0v) is 15.2. The lowest BCUT2D eigenvalue weighted by Gasteiger charge is -2.26. The van der Waals surface area contributed by atoms with Crippen molar-refractivity contribution in [2.75, 3.05) is 33.3 Å². The van der Waals surface area contributed by atoms with Crippen LogP contribution in [-0.2, 0) is 4.74 Å². The summed E-state index contributed by atoms with van der Waals surface area (Å²) in [5.41, 5.74) is -0.320. The highest BCUT2D eigenvalue weighted by Gasteiger charge is 2.27. The maximum Gasteiger partial charge on any atom is 0.410 e. The minimum Gasteiger partial charge on any atom is -0.507 e. The van der Waals surface area contributed by atoms with E-state index in [9.17, 15) is 14.7 Å². The monoisotopic (exact) mass is 350 g/mol. The number of methoxy groups -OCH3 is 1. The summed E-state index contributed by atoms with van der Waals surface area (Å²) in [6.45, 7) is 7.32. The van der Waals surface area contributed by atoms with Crippen LogP contribution in [0.3, 0.4) is 0 Å². The molecular weight excluding hydrogens is 324 g/mol. The summed E-state index contributed by atoms with van der Waals surface area (Å²) in [6.07, 6.45) is 0.288. The SMILES string of the molecule is COc1ccc(C(=O)N2CCCN(C(=O)OC(C)(C)C)CC2)c(O)c1. The van der Waals surface area contributed by atoms with E-state index in [0.29, 0.717) is 38.3 Å². The molecule has 1 aliphatic rings. The summed E-state index contributed by atoms with van der Waals surface area (Å²) in [7, 11) is 1.50. The van der Waals surface area contributed by atoms with E-state index in [1.54, 1.807) is 21.9 Å². The van der Waals surface area contributed by atoms with Crippen LogP contribution in [0.1, 0.15) is 37.6 Å². The Morgan fingerprint density at radius 2 is 1.72 bits per heavy atom. The number of nitrogens with zero attached hydrogens (tertiary/aromatic N) is 2. The van der Waals surface area contributed by atoms with Crippen molar-refractivity contribution in [3.8, 4) is 11.5 Å². The van der Waals surface area contributed by atoms with E-state index in [1.165, 1.54) is 13.2 Å². The number of carbonyl (C=O) groups excluding carboxylic acids is 2. The third-order valence-electron chi connectivity index (χ3n) is 3.87. The Morgan fingerprint density at radius 3 is 2.32 bits per heavy atom. The van der Waals surface area contributed by atoms with Gasteiger partial charge in [-0.05, 0) is 39.3 Å². The lowest BCUT2D eigenvalue weighted by atomic mass is 10.1. The number of aromatic hydroxyl groups is 1. The van der Waals surface area contributed by atoms with E-state index in [1.807, 2.05) is 20.8 Å². The molecule has 1 heterocycles. The first-order valence-electron chi connectivity index (χ1n) is 8.35. The summed E-state index contributed by atoms with van der Waals surface area (Å²) in [5, 5.41) is 10.0. The highest BCUT2D eigenvalue weighted by molar-refractivity contribution is 5.97. The molecule has 0 atom stereocenters. The van der Waals surface area contributed by atoms with Crippen LogP contribution >= 0.6 is 0 Å². The van der Waals surface area contributed by atoms with E-state index in [-0.39, 0.29) is 23.3 Å². The van der Waals surface area contributed by atoms with Gasteiger partial charge in [-0.2, -0.15) is 0 Å². The molecule has 0 bridgehead atoms. The first-order chi connectivity index (χ1) is 11.7. The van der Waals surface area contributed by atoms with E-state index in [2.05, 4.69) is 0 Å². The van der Waals surface area contributed by atoms with Crippen LogP contribution < -0.4 is 4.74 Å². The number of benzene rings is 1. The Kier molecular flexibility index (Phi) is 5.77. The summed E-state index contributed by atoms with van der Waals surface area (Å²) >= 11 is 0. The van der Waals surface area contributed by atoms with Crippen molar-refractivity contribution in [3.63, 3.8) is 0 Å². The number of ether oxygens (including phenoxy) is 2. The van der Waals surface area contributed by atoms with Crippen LogP contribution in [-0.4, -0.2) is 65.8 Å². The molecule has 0 saturated carbocycles. The fourth-order valence-electron chi connectivity index (χ4n) is 2.62. The van der Waals surface area contributed by atoms with Crippen LogP contribution in [0.2, 0.25) is 0 Å². The molecule has 1 N–H and O–H groups in total. The number of hydrogen-bond acceptors (Lipinski definition) is 5. The summed E-state index contributed by atoms with van der Waals surface area (Å²) in [6, 6.07) is 4.60. The maximum absolute atomic E-state index is 12.7. The average molecular weight is 350 g/mol. The Hall–Kier alpha value is -2.44. The van der Waals surface area contributed by atoms with Gasteiger partial charge in [-0.1, -0.05) is 0 Å². The molecule has 2 rings (SSSR count). The quantitative estimate of drug-likeness (QED) is 0.886. The average Bonchev–Trinajstić information content (AvgIpc) is 2.78. The molecule has 138 valence electrons. The van der Waals surface area contributed by atoms with Crippen molar-refractivity contribution >= 4 is 12.0 Å². The van der Waals surface area contributed by atoms with Gasteiger partial charge in [0.2, 0.25) is 0 Å². The first kappa shape index (κ1) is 18.9. The van der Waals surface area contributed by atoms with Gasteiger partial charge in [0.1, 0.15) is 17.1 Å². The lowest BCUT2D eigenvalue weighted by Crippen LogP contribution is -2.40. The van der Waals surface area contributed by atoms with Crippen LogP contribution in [0.5, 0.6) is 11.5 Å². The van der Waals surface area contributed by atoms with Crippen molar-refractivity contribution in [1.82, 2.24) is 9.80 Å². The highest BCUT2D eigenvalue weighted by atomic mass is 16.6. The largest absolute Gasteiger partial charge is 0.507 e. The van der Waals surface area contributed by atoms with Gasteiger partial charge in [-0.3, -0.25) is 4.79 Å². The fourth-order valence-corrected chi connectivity index (χ4v) is 2.62. The lowest BCUT2D eigenvalue weighted by molar-refractivity contribution is 0.0255. The normalized spacial score (nSPS) is 15.5. The van der Waals surface area contributed by atoms with Gasteiger partial charge in [0.05, 0.1) is 12.7 Å². The van der Waals surface area contributed by atoms with Gasteiger partial charge in [0.15, 0.2) is 0 Å². The Morgan fingerprint density at radius 1 is 1.08 bits per heavy atom. The first-order valence-corrected chi connectivity index (χ1v) is 8.35. The number of phenols is 1. The number of rotatable bonds is 2. The number of carbonyl (C=O) groups is 2. The second-order valence-electron chi connectivity index (χ2n) is 7.00. The minimum atomic E-state index is -0.548. The Labute approximate surface area is 148 Å². The third kappa shape index (κ3) is 5.01. The van der Waals surface area contributed by atoms with Crippen LogP contribution in [0.15, 0.2) is 18.2 Å². The molecule has 25 heavy (non-hydrogen) atoms. The molecule has 1 aromatic carbocycles. The van der Waals surface area contributed by atoms with Crippen molar-refractivity contribution in [3.05, 3.63) is 23.8 Å². The van der Waals surface area contributed by atoms with E-state index in [0.717, 1.165) is 0 Å². The molecule has 7 heteroatoms. The standard InChI is InChI=1S/C18H26N2O5/c1-18(2,3)25-17(23)20-9-5-8-19(10-11-20)16(22)14-7-6-13(24-4)12-15(14)21/h6-7,12,21H,5,8-11H2,1-4H3. The van der Waals surface area contributed by atoms with Crippen LogP contribution in [0, 0.1) is 0 Å². The second-order valence-corrected chi connectivity index (χ2v) is 7.00. The summed E-state index contributed by atoms with van der Waals surface area (Å²) < 4.78 is 10.4. The Bertz CT molecular complexity index is 639. The molecule has 1 saturated heterocycles. The van der Waals surface area contributed by atoms with Crippen LogP contribution in [0.25, 0.3) is 0 Å². The molecule has 0 radical (unpaired) electrons. The topological polar surface area (TPSA) is 79.3 Å². The third-order valence-corrected chi connectivity index (χ3v) is 3.87.